The molecule has 2 aromatic rings. The summed E-state index contributed by atoms with van der Waals surface area (Å²) in [5.74, 6) is 0.924. The highest BCUT2D eigenvalue weighted by atomic mass is 127. The van der Waals surface area contributed by atoms with Crippen molar-refractivity contribution in [3.8, 4) is 0 Å². The molecule has 1 aromatic heterocycles. The van der Waals surface area contributed by atoms with Gasteiger partial charge in [-0.1, -0.05) is 31.2 Å². The lowest BCUT2D eigenvalue weighted by Gasteiger charge is -2.25. The molecule has 28 heavy (non-hydrogen) atoms. The van der Waals surface area contributed by atoms with E-state index in [9.17, 15) is 0 Å². The molecule has 1 aromatic carbocycles. The minimum Gasteiger partial charge on any atom is -0.357 e. The molecule has 2 rings (SSSR count). The minimum atomic E-state index is 0. The van der Waals surface area contributed by atoms with Gasteiger partial charge >= 0.3 is 0 Å². The third kappa shape index (κ3) is 7.09. The number of nitrogens with one attached hydrogen (secondary N) is 1. The topological polar surface area (TPSA) is 48.7 Å². The first-order valence-electron chi connectivity index (χ1n) is 9.66. The predicted molar refractivity (Wildman–Crippen MR) is 128 cm³/mol. The number of nitrogens with zero attached hydrogens (tertiary/aromatic N) is 5. The predicted octanol–water partition coefficient (Wildman–Crippen LogP) is 3.30. The number of aliphatic imine (C=N–C) groups is 1. The molecule has 0 aliphatic rings. The van der Waals surface area contributed by atoms with E-state index in [4.69, 9.17) is 4.99 Å². The van der Waals surface area contributed by atoms with E-state index in [1.165, 1.54) is 16.7 Å². The summed E-state index contributed by atoms with van der Waals surface area (Å²) >= 11 is 0. The normalized spacial score (nSPS) is 12.6. The Morgan fingerprint density at radius 2 is 1.79 bits per heavy atom. The quantitative estimate of drug-likeness (QED) is 0.345. The molecule has 1 unspecified atom stereocenters. The van der Waals surface area contributed by atoms with Gasteiger partial charge in [-0.05, 0) is 38.6 Å². The second kappa shape index (κ2) is 12.1. The summed E-state index contributed by atoms with van der Waals surface area (Å²) in [7, 11) is 8.20. The summed E-state index contributed by atoms with van der Waals surface area (Å²) in [5.41, 5.74) is 3.84. The molecule has 0 bridgehead atoms. The number of aromatic nitrogens is 2. The van der Waals surface area contributed by atoms with E-state index in [-0.39, 0.29) is 30.0 Å². The molecule has 7 heteroatoms. The van der Waals surface area contributed by atoms with Gasteiger partial charge < -0.3 is 15.1 Å². The molecule has 156 valence electrons. The maximum atomic E-state index is 4.90. The first-order valence-corrected chi connectivity index (χ1v) is 9.66. The first-order chi connectivity index (χ1) is 12.9. The number of halogens is 1. The van der Waals surface area contributed by atoms with Crippen molar-refractivity contribution in [2.24, 2.45) is 12.0 Å². The van der Waals surface area contributed by atoms with Crippen molar-refractivity contribution < 1.29 is 0 Å². The Hall–Kier alpha value is -1.61. The molecule has 0 fully saturated rings. The van der Waals surface area contributed by atoms with Crippen molar-refractivity contribution >= 4 is 29.9 Å². The average Bonchev–Trinajstić information content (AvgIpc) is 3.07. The van der Waals surface area contributed by atoms with Crippen LogP contribution >= 0.6 is 24.0 Å². The van der Waals surface area contributed by atoms with Crippen LogP contribution < -0.4 is 5.32 Å². The fraction of sp³-hybridized carbons (Fsp3) is 0.524. The molecule has 0 saturated carbocycles. The zero-order valence-electron chi connectivity index (χ0n) is 18.0. The number of benzene rings is 1. The van der Waals surface area contributed by atoms with Crippen LogP contribution in [-0.4, -0.2) is 59.8 Å². The molecule has 0 aliphatic heterocycles. The summed E-state index contributed by atoms with van der Waals surface area (Å²) in [6.45, 7) is 6.64. The molecule has 1 N–H and O–H groups in total. The smallest absolute Gasteiger partial charge is 0.194 e. The SMILES string of the molecule is CCNC(=NCC(c1cnn(C)c1)N(C)C)N(C)Cc1ccc(CC)cc1.I. The summed E-state index contributed by atoms with van der Waals surface area (Å²) in [6, 6.07) is 9.02. The Labute approximate surface area is 187 Å². The Kier molecular flexibility index (Phi) is 10.5. The molecular formula is C21H35IN6. The Morgan fingerprint density at radius 1 is 1.14 bits per heavy atom. The van der Waals surface area contributed by atoms with E-state index < -0.39 is 0 Å². The summed E-state index contributed by atoms with van der Waals surface area (Å²) in [6.07, 6.45) is 5.05. The molecule has 0 amide bonds. The Morgan fingerprint density at radius 3 is 2.29 bits per heavy atom. The fourth-order valence-electron chi connectivity index (χ4n) is 3.05. The van der Waals surface area contributed by atoms with E-state index >= 15 is 0 Å². The van der Waals surface area contributed by atoms with Crippen LogP contribution in [0.1, 0.15) is 36.6 Å². The molecule has 1 atom stereocenters. The molecule has 0 saturated heterocycles. The van der Waals surface area contributed by atoms with Crippen LogP contribution in [0.3, 0.4) is 0 Å². The minimum absolute atomic E-state index is 0. The molecule has 0 aliphatic carbocycles. The number of rotatable bonds is 8. The highest BCUT2D eigenvalue weighted by molar-refractivity contribution is 14.0. The van der Waals surface area contributed by atoms with E-state index in [0.717, 1.165) is 25.5 Å². The number of hydrogen-bond acceptors (Lipinski definition) is 3. The van der Waals surface area contributed by atoms with E-state index in [0.29, 0.717) is 6.54 Å². The summed E-state index contributed by atoms with van der Waals surface area (Å²) in [4.78, 5) is 9.27. The van der Waals surface area contributed by atoms with Crippen LogP contribution in [0.2, 0.25) is 0 Å². The number of guanidine groups is 1. The lowest BCUT2D eigenvalue weighted by Crippen LogP contribution is -2.39. The van der Waals surface area contributed by atoms with Crippen LogP contribution in [0.15, 0.2) is 41.7 Å². The van der Waals surface area contributed by atoms with Gasteiger partial charge in [0, 0.05) is 38.9 Å². The number of aryl methyl sites for hydroxylation is 2. The van der Waals surface area contributed by atoms with Crippen LogP contribution in [0.4, 0.5) is 0 Å². The van der Waals surface area contributed by atoms with Gasteiger partial charge in [0.1, 0.15) is 0 Å². The third-order valence-electron chi connectivity index (χ3n) is 4.69. The van der Waals surface area contributed by atoms with Gasteiger partial charge in [0.15, 0.2) is 5.96 Å². The zero-order valence-corrected chi connectivity index (χ0v) is 20.3. The first kappa shape index (κ1) is 24.4. The highest BCUT2D eigenvalue weighted by Gasteiger charge is 2.16. The largest absolute Gasteiger partial charge is 0.357 e. The lowest BCUT2D eigenvalue weighted by atomic mass is 10.1. The van der Waals surface area contributed by atoms with Crippen LogP contribution in [0.25, 0.3) is 0 Å². The molecular weight excluding hydrogens is 463 g/mol. The number of hydrogen-bond donors (Lipinski definition) is 1. The molecule has 1 heterocycles. The second-order valence-electron chi connectivity index (χ2n) is 7.15. The maximum Gasteiger partial charge on any atom is 0.194 e. The van der Waals surface area contributed by atoms with Crippen LogP contribution in [0, 0.1) is 0 Å². The molecule has 6 nitrogen and oxygen atoms in total. The van der Waals surface area contributed by atoms with Crippen molar-refractivity contribution in [2.45, 2.75) is 32.9 Å². The van der Waals surface area contributed by atoms with Crippen LogP contribution in [-0.2, 0) is 20.0 Å². The summed E-state index contributed by atoms with van der Waals surface area (Å²) < 4.78 is 1.84. The van der Waals surface area contributed by atoms with Gasteiger partial charge in [-0.3, -0.25) is 9.67 Å². The Bertz CT molecular complexity index is 723. The standard InChI is InChI=1S/C21H34N6.HI/c1-7-17-9-11-18(12-10-17)15-26(5)21(22-8-2)23-14-20(25(3)4)19-13-24-27(6)16-19;/h9-13,16,20H,7-8,14-15H2,1-6H3,(H,22,23);1H. The molecule has 0 spiro atoms. The van der Waals surface area contributed by atoms with Crippen molar-refractivity contribution in [1.82, 2.24) is 24.9 Å². The summed E-state index contributed by atoms with van der Waals surface area (Å²) in [5, 5.41) is 7.72. The van der Waals surface area contributed by atoms with E-state index in [1.54, 1.807) is 0 Å². The zero-order chi connectivity index (χ0) is 19.8. The highest BCUT2D eigenvalue weighted by Crippen LogP contribution is 2.18. The van der Waals surface area contributed by atoms with Crippen molar-refractivity contribution in [3.63, 3.8) is 0 Å². The average molecular weight is 498 g/mol. The van der Waals surface area contributed by atoms with Crippen molar-refractivity contribution in [1.29, 1.82) is 0 Å². The van der Waals surface area contributed by atoms with Crippen molar-refractivity contribution in [3.05, 3.63) is 53.3 Å². The van der Waals surface area contributed by atoms with Gasteiger partial charge in [0.25, 0.3) is 0 Å². The Balaban J connectivity index is 0.00000392. The van der Waals surface area contributed by atoms with Gasteiger partial charge in [-0.2, -0.15) is 5.10 Å². The maximum absolute atomic E-state index is 4.90. The fourth-order valence-corrected chi connectivity index (χ4v) is 3.05. The number of likely N-dealkylation sites (N-methyl/N-ethyl adjacent to an activating group) is 1. The lowest BCUT2D eigenvalue weighted by molar-refractivity contribution is 0.305. The van der Waals surface area contributed by atoms with E-state index in [2.05, 4.69) is 85.7 Å². The van der Waals surface area contributed by atoms with Gasteiger partial charge in [-0.15, -0.1) is 24.0 Å². The van der Waals surface area contributed by atoms with E-state index in [1.807, 2.05) is 17.9 Å². The third-order valence-corrected chi connectivity index (χ3v) is 4.69. The molecule has 0 radical (unpaired) electrons. The van der Waals surface area contributed by atoms with Gasteiger partial charge in [0.2, 0.25) is 0 Å². The van der Waals surface area contributed by atoms with Crippen LogP contribution in [0.5, 0.6) is 0 Å². The monoisotopic (exact) mass is 498 g/mol. The van der Waals surface area contributed by atoms with Crippen molar-refractivity contribution in [2.75, 3.05) is 34.2 Å². The van der Waals surface area contributed by atoms with Gasteiger partial charge in [0.05, 0.1) is 18.8 Å². The van der Waals surface area contributed by atoms with Gasteiger partial charge in [-0.25, -0.2) is 0 Å². The second-order valence-corrected chi connectivity index (χ2v) is 7.15.